The first-order valence-electron chi connectivity index (χ1n) is 8.16. The minimum atomic E-state index is -0.787. The van der Waals surface area contributed by atoms with Gasteiger partial charge in [-0.2, -0.15) is 0 Å². The summed E-state index contributed by atoms with van der Waals surface area (Å²) in [5.74, 6) is -0.207. The summed E-state index contributed by atoms with van der Waals surface area (Å²) >= 11 is 0. The molecule has 0 bridgehead atoms. The Morgan fingerprint density at radius 3 is 2.17 bits per heavy atom. The number of non-ortho nitro benzene ring substituents is 1. The summed E-state index contributed by atoms with van der Waals surface area (Å²) in [5.41, 5.74) is -0.198. The van der Waals surface area contributed by atoms with Crippen LogP contribution >= 0.6 is 0 Å². The van der Waals surface area contributed by atoms with E-state index in [1.807, 2.05) is 0 Å². The van der Waals surface area contributed by atoms with E-state index in [0.29, 0.717) is 21.8 Å². The van der Waals surface area contributed by atoms with Crippen molar-refractivity contribution in [2.45, 2.75) is 0 Å². The van der Waals surface area contributed by atoms with Crippen LogP contribution in [0.15, 0.2) is 65.1 Å². The van der Waals surface area contributed by atoms with Crippen LogP contribution in [0.2, 0.25) is 0 Å². The Morgan fingerprint density at radius 2 is 1.52 bits per heavy atom. The standard InChI is InChI=1S/C18H10N6O5/c25-18-12-4-2-8-20-16(12)15-11(3-1-7-19-15)17(18)22-21-13-6-5-10(23(26)27)9-14(13)24(28)29/h1-9,25H. The van der Waals surface area contributed by atoms with E-state index in [4.69, 9.17) is 0 Å². The normalized spacial score (nSPS) is 11.3. The van der Waals surface area contributed by atoms with Crippen LogP contribution in [0.25, 0.3) is 21.8 Å². The van der Waals surface area contributed by atoms with Gasteiger partial charge in [0.2, 0.25) is 0 Å². The average molecular weight is 390 g/mol. The second-order valence-corrected chi connectivity index (χ2v) is 5.88. The molecule has 0 atom stereocenters. The van der Waals surface area contributed by atoms with Crippen LogP contribution in [0.4, 0.5) is 22.7 Å². The molecule has 0 unspecified atom stereocenters. The Balaban J connectivity index is 1.93. The van der Waals surface area contributed by atoms with Crippen molar-refractivity contribution in [3.8, 4) is 5.75 Å². The van der Waals surface area contributed by atoms with Gasteiger partial charge >= 0.3 is 5.69 Å². The summed E-state index contributed by atoms with van der Waals surface area (Å²) in [7, 11) is 0. The van der Waals surface area contributed by atoms with E-state index in [0.717, 1.165) is 18.2 Å². The minimum absolute atomic E-state index is 0.0567. The lowest BCUT2D eigenvalue weighted by atomic mass is 10.1. The van der Waals surface area contributed by atoms with Gasteiger partial charge in [0.15, 0.2) is 11.4 Å². The molecule has 0 aliphatic rings. The highest BCUT2D eigenvalue weighted by Gasteiger charge is 2.20. The number of hydrogen-bond donors (Lipinski definition) is 1. The third kappa shape index (κ3) is 3.06. The number of fused-ring (bicyclic) bond motifs is 3. The van der Waals surface area contributed by atoms with E-state index in [1.54, 1.807) is 36.7 Å². The number of aromatic hydroxyl groups is 1. The number of nitro benzene ring substituents is 2. The Bertz CT molecular complexity index is 1340. The van der Waals surface area contributed by atoms with Crippen LogP contribution < -0.4 is 0 Å². The highest BCUT2D eigenvalue weighted by atomic mass is 16.6. The first-order chi connectivity index (χ1) is 14.0. The first kappa shape index (κ1) is 17.9. The molecule has 0 aliphatic carbocycles. The second-order valence-electron chi connectivity index (χ2n) is 5.88. The smallest absolute Gasteiger partial charge is 0.303 e. The topological polar surface area (TPSA) is 157 Å². The summed E-state index contributed by atoms with van der Waals surface area (Å²) in [5, 5.41) is 41.5. The molecule has 4 aromatic rings. The van der Waals surface area contributed by atoms with Crippen molar-refractivity contribution >= 4 is 44.6 Å². The largest absolute Gasteiger partial charge is 0.505 e. The van der Waals surface area contributed by atoms with E-state index in [-0.39, 0.29) is 17.1 Å². The summed E-state index contributed by atoms with van der Waals surface area (Å²) in [4.78, 5) is 29.1. The lowest BCUT2D eigenvalue weighted by molar-refractivity contribution is -0.393. The van der Waals surface area contributed by atoms with Crippen molar-refractivity contribution in [2.75, 3.05) is 0 Å². The molecule has 2 aromatic heterocycles. The average Bonchev–Trinajstić information content (AvgIpc) is 2.73. The maximum Gasteiger partial charge on any atom is 0.303 e. The molecule has 11 heteroatoms. The highest BCUT2D eigenvalue weighted by Crippen LogP contribution is 2.42. The van der Waals surface area contributed by atoms with Crippen molar-refractivity contribution in [1.82, 2.24) is 9.97 Å². The molecule has 1 N–H and O–H groups in total. The zero-order chi connectivity index (χ0) is 20.5. The van der Waals surface area contributed by atoms with Gasteiger partial charge in [-0.1, -0.05) is 0 Å². The van der Waals surface area contributed by atoms with Gasteiger partial charge in [-0.3, -0.25) is 30.2 Å². The molecule has 29 heavy (non-hydrogen) atoms. The quantitative estimate of drug-likeness (QED) is 0.228. The van der Waals surface area contributed by atoms with Crippen LogP contribution in [-0.2, 0) is 0 Å². The van der Waals surface area contributed by atoms with Gasteiger partial charge in [0.25, 0.3) is 5.69 Å². The molecule has 0 saturated heterocycles. The zero-order valence-electron chi connectivity index (χ0n) is 14.5. The Labute approximate surface area is 161 Å². The Hall–Kier alpha value is -4.54. The van der Waals surface area contributed by atoms with Crippen molar-refractivity contribution in [2.24, 2.45) is 10.2 Å². The predicted octanol–water partition coefficient (Wildman–Crippen LogP) is 4.72. The van der Waals surface area contributed by atoms with E-state index >= 15 is 0 Å². The molecule has 0 fully saturated rings. The summed E-state index contributed by atoms with van der Waals surface area (Å²) in [6.45, 7) is 0. The second kappa shape index (κ2) is 6.88. The molecule has 142 valence electrons. The van der Waals surface area contributed by atoms with E-state index in [1.165, 1.54) is 0 Å². The summed E-state index contributed by atoms with van der Waals surface area (Å²) < 4.78 is 0. The first-order valence-corrected chi connectivity index (χ1v) is 8.16. The molecule has 4 rings (SSSR count). The van der Waals surface area contributed by atoms with Crippen LogP contribution in [-0.4, -0.2) is 24.9 Å². The summed E-state index contributed by atoms with van der Waals surface area (Å²) in [6.07, 6.45) is 3.13. The lowest BCUT2D eigenvalue weighted by Gasteiger charge is -2.08. The van der Waals surface area contributed by atoms with Gasteiger partial charge in [-0.25, -0.2) is 0 Å². The molecular formula is C18H10N6O5. The molecule has 2 heterocycles. The van der Waals surface area contributed by atoms with Gasteiger partial charge in [0.05, 0.1) is 21.4 Å². The van der Waals surface area contributed by atoms with Gasteiger partial charge < -0.3 is 5.11 Å². The fourth-order valence-electron chi connectivity index (χ4n) is 2.89. The van der Waals surface area contributed by atoms with Gasteiger partial charge in [-0.05, 0) is 30.3 Å². The zero-order valence-corrected chi connectivity index (χ0v) is 14.5. The summed E-state index contributed by atoms with van der Waals surface area (Å²) in [6, 6.07) is 9.60. The van der Waals surface area contributed by atoms with Crippen molar-refractivity contribution < 1.29 is 15.0 Å². The fraction of sp³-hybridized carbons (Fsp3) is 0. The van der Waals surface area contributed by atoms with Crippen LogP contribution in [0, 0.1) is 20.2 Å². The van der Waals surface area contributed by atoms with Gasteiger partial charge in [0.1, 0.15) is 11.2 Å². The molecule has 0 saturated carbocycles. The van der Waals surface area contributed by atoms with Crippen molar-refractivity contribution in [1.29, 1.82) is 0 Å². The Kier molecular flexibility index (Phi) is 4.24. The highest BCUT2D eigenvalue weighted by molar-refractivity contribution is 6.12. The molecular weight excluding hydrogens is 380 g/mol. The van der Waals surface area contributed by atoms with Gasteiger partial charge in [0, 0.05) is 29.2 Å². The van der Waals surface area contributed by atoms with Crippen LogP contribution in [0.1, 0.15) is 0 Å². The maximum absolute atomic E-state index is 11.3. The lowest BCUT2D eigenvalue weighted by Crippen LogP contribution is -1.92. The van der Waals surface area contributed by atoms with Gasteiger partial charge in [-0.15, -0.1) is 10.2 Å². The third-order valence-corrected chi connectivity index (χ3v) is 4.20. The van der Waals surface area contributed by atoms with E-state index < -0.39 is 21.2 Å². The number of azo groups is 1. The number of hydrogen-bond acceptors (Lipinski definition) is 9. The number of nitrogens with zero attached hydrogens (tertiary/aromatic N) is 6. The molecule has 0 amide bonds. The fourth-order valence-corrected chi connectivity index (χ4v) is 2.89. The maximum atomic E-state index is 11.3. The number of pyridine rings is 2. The Morgan fingerprint density at radius 1 is 0.862 bits per heavy atom. The van der Waals surface area contributed by atoms with Crippen molar-refractivity contribution in [3.05, 3.63) is 75.1 Å². The number of aromatic nitrogens is 2. The number of nitro groups is 2. The third-order valence-electron chi connectivity index (χ3n) is 4.20. The number of benzene rings is 2. The SMILES string of the molecule is O=[N+]([O-])c1ccc(N=Nc2c(O)c3cccnc3c3ncccc23)c([N+](=O)[O-])c1. The molecule has 0 spiro atoms. The monoisotopic (exact) mass is 390 g/mol. The minimum Gasteiger partial charge on any atom is -0.505 e. The van der Waals surface area contributed by atoms with Crippen LogP contribution in [0.5, 0.6) is 5.75 Å². The molecule has 2 aromatic carbocycles. The number of rotatable bonds is 4. The molecule has 0 radical (unpaired) electrons. The molecule has 11 nitrogen and oxygen atoms in total. The van der Waals surface area contributed by atoms with Crippen LogP contribution in [0.3, 0.4) is 0 Å². The molecule has 0 aliphatic heterocycles. The predicted molar refractivity (Wildman–Crippen MR) is 103 cm³/mol. The van der Waals surface area contributed by atoms with E-state index in [9.17, 15) is 25.3 Å². The number of phenolic OH excluding ortho intramolecular Hbond substituents is 1. The number of phenols is 1. The van der Waals surface area contributed by atoms with E-state index in [2.05, 4.69) is 20.2 Å². The van der Waals surface area contributed by atoms with Crippen molar-refractivity contribution in [3.63, 3.8) is 0 Å².